The first-order chi connectivity index (χ1) is 28.4. The third-order valence-corrected chi connectivity index (χ3v) is 9.33. The van der Waals surface area contributed by atoms with Crippen molar-refractivity contribution in [2.75, 3.05) is 31.7 Å². The standard InChI is InChI=1S/C42H59ClN10O7/c1-25(2)32(37(55)49-30(39(57)59-6)12-8-10-24-48-41(58)60-42(3,4)5)50-31(54)22-17-27-15-20-29(21-16-27)28-18-13-26(14-19-28)11-7-9-23-47-40(46)53-38(56)33-35(44)52-36(45)34(43)51-33/h13-16,18-21,25,30,32H,7-12,17,22-24H2,1-6H3,(H,48,58)(H,49,55)(H,50,54)(H4,44,45,52)(H3,46,47,53,56)/t30-,32-/m0/s1. The number of nitrogens with two attached hydrogens (primary N) is 3. The van der Waals surface area contributed by atoms with Crippen LogP contribution < -0.4 is 38.5 Å². The summed E-state index contributed by atoms with van der Waals surface area (Å²) in [7, 11) is 1.25. The first kappa shape index (κ1) is 48.4. The van der Waals surface area contributed by atoms with Crippen LogP contribution in [0.4, 0.5) is 16.4 Å². The largest absolute Gasteiger partial charge is 0.467 e. The summed E-state index contributed by atoms with van der Waals surface area (Å²) < 4.78 is 10.1. The second-order valence-electron chi connectivity index (χ2n) is 15.5. The lowest BCUT2D eigenvalue weighted by Crippen LogP contribution is -2.53. The molecule has 3 aromatic rings. The third kappa shape index (κ3) is 16.7. The van der Waals surface area contributed by atoms with Gasteiger partial charge in [-0.2, -0.15) is 0 Å². The molecule has 2 aromatic carbocycles. The number of guanidine groups is 1. The van der Waals surface area contributed by atoms with Crippen molar-refractivity contribution < 1.29 is 33.4 Å². The van der Waals surface area contributed by atoms with E-state index in [0.717, 1.165) is 36.0 Å². The van der Waals surface area contributed by atoms with Gasteiger partial charge in [0.1, 0.15) is 17.7 Å². The van der Waals surface area contributed by atoms with Crippen molar-refractivity contribution in [3.05, 3.63) is 70.5 Å². The summed E-state index contributed by atoms with van der Waals surface area (Å²) in [4.78, 5) is 74.9. The summed E-state index contributed by atoms with van der Waals surface area (Å²) >= 11 is 5.84. The number of hydrogen-bond acceptors (Lipinski definition) is 12. The van der Waals surface area contributed by atoms with E-state index in [1.165, 1.54) is 12.7 Å². The first-order valence-corrected chi connectivity index (χ1v) is 20.3. The van der Waals surface area contributed by atoms with Gasteiger partial charge in [-0.3, -0.25) is 24.7 Å². The molecule has 0 unspecified atom stereocenters. The molecule has 17 nitrogen and oxygen atoms in total. The van der Waals surface area contributed by atoms with Crippen LogP contribution in [0.3, 0.4) is 0 Å². The van der Waals surface area contributed by atoms with E-state index >= 15 is 0 Å². The molecule has 3 rings (SSSR count). The number of carbonyl (C=O) groups excluding carboxylic acids is 5. The maximum Gasteiger partial charge on any atom is 0.407 e. The minimum absolute atomic E-state index is 0.0730. The van der Waals surface area contributed by atoms with Crippen LogP contribution in [0.15, 0.2) is 53.5 Å². The Morgan fingerprint density at radius 2 is 1.45 bits per heavy atom. The summed E-state index contributed by atoms with van der Waals surface area (Å²) in [6.45, 7) is 9.72. The number of aromatic nitrogens is 2. The monoisotopic (exact) mass is 850 g/mol. The average molecular weight is 851 g/mol. The van der Waals surface area contributed by atoms with Gasteiger partial charge in [0, 0.05) is 19.5 Å². The van der Waals surface area contributed by atoms with E-state index in [2.05, 4.69) is 60.5 Å². The van der Waals surface area contributed by atoms with E-state index in [9.17, 15) is 24.0 Å². The highest BCUT2D eigenvalue weighted by Gasteiger charge is 2.29. The van der Waals surface area contributed by atoms with Gasteiger partial charge in [-0.25, -0.2) is 19.6 Å². The second kappa shape index (κ2) is 23.6. The Labute approximate surface area is 356 Å². The van der Waals surface area contributed by atoms with Crippen molar-refractivity contribution >= 4 is 59.0 Å². The molecule has 0 saturated heterocycles. The summed E-state index contributed by atoms with van der Waals surface area (Å²) in [6.07, 6.45) is 3.93. The van der Waals surface area contributed by atoms with Crippen LogP contribution in [0.25, 0.3) is 11.1 Å². The summed E-state index contributed by atoms with van der Waals surface area (Å²) in [5, 5.41) is 10.5. The van der Waals surface area contributed by atoms with E-state index in [-0.39, 0.29) is 46.7 Å². The number of aryl methyl sites for hydroxylation is 2. The van der Waals surface area contributed by atoms with Crippen LogP contribution >= 0.6 is 11.6 Å². The zero-order chi connectivity index (χ0) is 44.4. The molecule has 1 aromatic heterocycles. The number of rotatable bonds is 20. The van der Waals surface area contributed by atoms with Crippen LogP contribution in [-0.2, 0) is 36.7 Å². The summed E-state index contributed by atoms with van der Waals surface area (Å²) in [5.74, 6) is -2.60. The molecule has 326 valence electrons. The number of esters is 1. The molecule has 0 aliphatic carbocycles. The predicted octanol–water partition coefficient (Wildman–Crippen LogP) is 4.46. The first-order valence-electron chi connectivity index (χ1n) is 19.9. The maximum atomic E-state index is 13.3. The number of anilines is 2. The number of aliphatic imine (C=N–C) groups is 1. The lowest BCUT2D eigenvalue weighted by Gasteiger charge is -2.24. The van der Waals surface area contributed by atoms with Crippen LogP contribution in [0.2, 0.25) is 5.15 Å². The Balaban J connectivity index is 1.41. The molecule has 18 heteroatoms. The van der Waals surface area contributed by atoms with Crippen molar-refractivity contribution in [3.8, 4) is 11.1 Å². The Bertz CT molecular complexity index is 1950. The molecule has 0 radical (unpaired) electrons. The second-order valence-corrected chi connectivity index (χ2v) is 15.9. The highest BCUT2D eigenvalue weighted by Crippen LogP contribution is 2.22. The topological polar surface area (TPSA) is 268 Å². The van der Waals surface area contributed by atoms with E-state index in [4.69, 9.17) is 38.3 Å². The minimum Gasteiger partial charge on any atom is -0.467 e. The molecule has 2 atom stereocenters. The van der Waals surface area contributed by atoms with Gasteiger partial charge in [0.05, 0.1) is 7.11 Å². The number of carbonyl (C=O) groups is 5. The lowest BCUT2D eigenvalue weighted by molar-refractivity contribution is -0.145. The van der Waals surface area contributed by atoms with Gasteiger partial charge in [-0.1, -0.05) is 74.0 Å². The molecule has 0 spiro atoms. The van der Waals surface area contributed by atoms with Crippen LogP contribution in [0.1, 0.15) is 94.8 Å². The van der Waals surface area contributed by atoms with Gasteiger partial charge in [0.15, 0.2) is 28.4 Å². The predicted molar refractivity (Wildman–Crippen MR) is 232 cm³/mol. The Kier molecular flexibility index (Phi) is 19.0. The van der Waals surface area contributed by atoms with Crippen LogP contribution in [0, 0.1) is 5.92 Å². The molecule has 60 heavy (non-hydrogen) atoms. The van der Waals surface area contributed by atoms with Gasteiger partial charge in [0.2, 0.25) is 11.8 Å². The number of halogens is 1. The maximum absolute atomic E-state index is 13.3. The van der Waals surface area contributed by atoms with Crippen LogP contribution in [-0.4, -0.2) is 83.6 Å². The average Bonchev–Trinajstić information content (AvgIpc) is 3.19. The number of nitrogens with zero attached hydrogens (tertiary/aromatic N) is 3. The van der Waals surface area contributed by atoms with Crippen molar-refractivity contribution in [2.24, 2.45) is 16.6 Å². The van der Waals surface area contributed by atoms with E-state index in [1.54, 1.807) is 20.8 Å². The van der Waals surface area contributed by atoms with Gasteiger partial charge < -0.3 is 42.6 Å². The highest BCUT2D eigenvalue weighted by molar-refractivity contribution is 6.31. The molecular formula is C42H59ClN10O7. The number of hydrogen-bond donors (Lipinski definition) is 7. The number of ether oxygens (including phenoxy) is 2. The Hall–Kier alpha value is -5.97. The number of alkyl carbamates (subject to hydrolysis) is 1. The number of nitrogens with one attached hydrogen (secondary N) is 4. The van der Waals surface area contributed by atoms with Crippen molar-refractivity contribution in [2.45, 2.75) is 104 Å². The SMILES string of the molecule is COC(=O)[C@H](CCCCNC(=O)OC(C)(C)C)NC(=O)[C@@H](NC(=O)CCc1ccc(-c2ccc(CCCCN=C(N)NC(=O)c3nc(Cl)c(N)nc3N)cc2)cc1)C(C)C. The molecule has 0 aliphatic rings. The Morgan fingerprint density at radius 3 is 2.03 bits per heavy atom. The van der Waals surface area contributed by atoms with Crippen molar-refractivity contribution in [3.63, 3.8) is 0 Å². The molecule has 4 amide bonds. The smallest absolute Gasteiger partial charge is 0.407 e. The molecule has 1 heterocycles. The fourth-order valence-electron chi connectivity index (χ4n) is 5.86. The van der Waals surface area contributed by atoms with Crippen LogP contribution in [0.5, 0.6) is 0 Å². The van der Waals surface area contributed by atoms with Gasteiger partial charge in [-0.05, 0) is 93.9 Å². The summed E-state index contributed by atoms with van der Waals surface area (Å²) in [5.41, 5.74) is 20.5. The fourth-order valence-corrected chi connectivity index (χ4v) is 5.99. The minimum atomic E-state index is -0.905. The normalized spacial score (nSPS) is 12.6. The highest BCUT2D eigenvalue weighted by atomic mass is 35.5. The lowest BCUT2D eigenvalue weighted by atomic mass is 9.99. The molecule has 0 saturated carbocycles. The van der Waals surface area contributed by atoms with Crippen molar-refractivity contribution in [1.82, 2.24) is 31.2 Å². The van der Waals surface area contributed by atoms with Gasteiger partial charge in [-0.15, -0.1) is 0 Å². The number of nitrogen functional groups attached to an aromatic ring is 2. The summed E-state index contributed by atoms with van der Waals surface area (Å²) in [6, 6.07) is 14.5. The quantitative estimate of drug-likeness (QED) is 0.0360. The Morgan fingerprint density at radius 1 is 0.833 bits per heavy atom. The molecule has 10 N–H and O–H groups in total. The third-order valence-electron chi connectivity index (χ3n) is 9.05. The molecule has 0 bridgehead atoms. The zero-order valence-corrected chi connectivity index (χ0v) is 36.0. The number of amides is 4. The number of methoxy groups -OCH3 is 1. The van der Waals surface area contributed by atoms with Gasteiger partial charge >= 0.3 is 12.1 Å². The number of benzene rings is 2. The molecule has 0 aliphatic heterocycles. The zero-order valence-electron chi connectivity index (χ0n) is 35.2. The van der Waals surface area contributed by atoms with Gasteiger partial charge in [0.25, 0.3) is 5.91 Å². The van der Waals surface area contributed by atoms with Crippen molar-refractivity contribution in [1.29, 1.82) is 0 Å². The molecule has 0 fully saturated rings. The fraction of sp³-hybridized carbons (Fsp3) is 0.476. The van der Waals surface area contributed by atoms with E-state index in [1.807, 2.05) is 38.1 Å². The van der Waals surface area contributed by atoms with E-state index < -0.39 is 41.6 Å². The molecular weight excluding hydrogens is 792 g/mol. The van der Waals surface area contributed by atoms with E-state index in [0.29, 0.717) is 38.8 Å². The number of unbranched alkanes of at least 4 members (excludes halogenated alkanes) is 2.